The van der Waals surface area contributed by atoms with Gasteiger partial charge in [0, 0.05) is 13.0 Å². The highest BCUT2D eigenvalue weighted by Gasteiger charge is 2.30. The molecule has 16 heavy (non-hydrogen) atoms. The van der Waals surface area contributed by atoms with E-state index >= 15 is 0 Å². The van der Waals surface area contributed by atoms with Crippen LogP contribution >= 0.6 is 0 Å². The Bertz CT molecular complexity index is 234. The molecule has 0 radical (unpaired) electrons. The molecule has 4 nitrogen and oxygen atoms in total. The molecule has 0 aromatic rings. The van der Waals surface area contributed by atoms with E-state index in [-0.39, 0.29) is 6.10 Å². The van der Waals surface area contributed by atoms with Crippen molar-refractivity contribution >= 4 is 5.97 Å². The summed E-state index contributed by atoms with van der Waals surface area (Å²) in [4.78, 5) is 10.8. The molecule has 0 amide bonds. The number of nitrogens with two attached hydrogens (primary N) is 1. The van der Waals surface area contributed by atoms with Crippen LogP contribution in [0.25, 0.3) is 0 Å². The lowest BCUT2D eigenvalue weighted by Gasteiger charge is -2.24. The summed E-state index contributed by atoms with van der Waals surface area (Å²) in [7, 11) is 0. The molecule has 2 unspecified atom stereocenters. The van der Waals surface area contributed by atoms with Gasteiger partial charge in [-0.25, -0.2) is 0 Å². The molecule has 1 fully saturated rings. The Morgan fingerprint density at radius 2 is 2.12 bits per heavy atom. The van der Waals surface area contributed by atoms with Gasteiger partial charge in [0.25, 0.3) is 0 Å². The van der Waals surface area contributed by atoms with Crippen LogP contribution in [0.1, 0.15) is 46.0 Å². The number of ether oxygens (including phenoxy) is 1. The van der Waals surface area contributed by atoms with Crippen molar-refractivity contribution in [2.24, 2.45) is 11.7 Å². The molecule has 1 aliphatic rings. The Kier molecular flexibility index (Phi) is 4.74. The fourth-order valence-corrected chi connectivity index (χ4v) is 2.22. The van der Waals surface area contributed by atoms with Crippen molar-refractivity contribution in [1.29, 1.82) is 0 Å². The van der Waals surface area contributed by atoms with E-state index in [9.17, 15) is 4.79 Å². The maximum absolute atomic E-state index is 10.8. The summed E-state index contributed by atoms with van der Waals surface area (Å²) >= 11 is 0. The van der Waals surface area contributed by atoms with Crippen LogP contribution in [0.5, 0.6) is 0 Å². The second-order valence-electron chi connectivity index (χ2n) is 5.22. The first kappa shape index (κ1) is 13.5. The molecule has 94 valence electrons. The zero-order chi connectivity index (χ0) is 12.2. The first-order valence-electron chi connectivity index (χ1n) is 6.05. The van der Waals surface area contributed by atoms with Gasteiger partial charge in [-0.3, -0.25) is 4.79 Å². The van der Waals surface area contributed by atoms with E-state index in [2.05, 4.69) is 0 Å². The summed E-state index contributed by atoms with van der Waals surface area (Å²) in [6.07, 6.45) is 5.34. The normalized spacial score (nSPS) is 22.9. The van der Waals surface area contributed by atoms with Crippen molar-refractivity contribution in [2.45, 2.75) is 57.6 Å². The standard InChI is InChI=1S/C12H23NO3/c1-9(7-12(2,13)11(14)15)16-8-10-5-3-4-6-10/h9-10H,3-8,13H2,1-2H3,(H,14,15). The molecule has 1 rings (SSSR count). The predicted octanol–water partition coefficient (Wildman–Crippen LogP) is 1.77. The number of hydrogen-bond acceptors (Lipinski definition) is 3. The Labute approximate surface area is 97.2 Å². The summed E-state index contributed by atoms with van der Waals surface area (Å²) in [5, 5.41) is 8.89. The van der Waals surface area contributed by atoms with E-state index in [0.717, 1.165) is 6.61 Å². The monoisotopic (exact) mass is 229 g/mol. The van der Waals surface area contributed by atoms with Crippen LogP contribution in [0, 0.1) is 5.92 Å². The van der Waals surface area contributed by atoms with Gasteiger partial charge in [-0.2, -0.15) is 0 Å². The lowest BCUT2D eigenvalue weighted by molar-refractivity contribution is -0.144. The van der Waals surface area contributed by atoms with Gasteiger partial charge >= 0.3 is 5.97 Å². The molecule has 1 aliphatic carbocycles. The fraction of sp³-hybridized carbons (Fsp3) is 0.917. The average Bonchev–Trinajstić information content (AvgIpc) is 2.66. The zero-order valence-corrected chi connectivity index (χ0v) is 10.2. The van der Waals surface area contributed by atoms with Gasteiger partial charge < -0.3 is 15.6 Å². The SMILES string of the molecule is CC(CC(C)(N)C(=O)O)OCC1CCCC1. The quantitative estimate of drug-likeness (QED) is 0.728. The number of carboxylic acid groups (broad SMARTS) is 1. The third-order valence-electron chi connectivity index (χ3n) is 3.29. The van der Waals surface area contributed by atoms with Crippen LogP contribution < -0.4 is 5.73 Å². The van der Waals surface area contributed by atoms with E-state index < -0.39 is 11.5 Å². The van der Waals surface area contributed by atoms with Gasteiger partial charge in [0.05, 0.1) is 6.10 Å². The summed E-state index contributed by atoms with van der Waals surface area (Å²) < 4.78 is 5.67. The van der Waals surface area contributed by atoms with Gasteiger partial charge in [0.15, 0.2) is 0 Å². The number of rotatable bonds is 6. The lowest BCUT2D eigenvalue weighted by atomic mass is 9.96. The summed E-state index contributed by atoms with van der Waals surface area (Å²) in [6, 6.07) is 0. The lowest BCUT2D eigenvalue weighted by Crippen LogP contribution is -2.47. The van der Waals surface area contributed by atoms with Gasteiger partial charge in [-0.1, -0.05) is 12.8 Å². The first-order valence-corrected chi connectivity index (χ1v) is 6.05. The highest BCUT2D eigenvalue weighted by atomic mass is 16.5. The van der Waals surface area contributed by atoms with Crippen molar-refractivity contribution in [3.05, 3.63) is 0 Å². The highest BCUT2D eigenvalue weighted by molar-refractivity contribution is 5.77. The van der Waals surface area contributed by atoms with Crippen molar-refractivity contribution in [3.8, 4) is 0 Å². The van der Waals surface area contributed by atoms with Crippen LogP contribution in [-0.4, -0.2) is 29.3 Å². The number of carboxylic acids is 1. The second kappa shape index (κ2) is 5.64. The van der Waals surface area contributed by atoms with E-state index in [1.54, 1.807) is 0 Å². The minimum Gasteiger partial charge on any atom is -0.480 e. The minimum absolute atomic E-state index is 0.0910. The van der Waals surface area contributed by atoms with Gasteiger partial charge in [0.1, 0.15) is 5.54 Å². The van der Waals surface area contributed by atoms with Gasteiger partial charge in [-0.05, 0) is 32.6 Å². The van der Waals surface area contributed by atoms with Crippen molar-refractivity contribution < 1.29 is 14.6 Å². The Balaban J connectivity index is 2.24. The first-order chi connectivity index (χ1) is 7.42. The Morgan fingerprint density at radius 1 is 1.56 bits per heavy atom. The van der Waals surface area contributed by atoms with Crippen molar-refractivity contribution in [1.82, 2.24) is 0 Å². The van der Waals surface area contributed by atoms with E-state index in [4.69, 9.17) is 15.6 Å². The Morgan fingerprint density at radius 3 is 2.62 bits per heavy atom. The van der Waals surface area contributed by atoms with Crippen molar-refractivity contribution in [3.63, 3.8) is 0 Å². The van der Waals surface area contributed by atoms with E-state index in [0.29, 0.717) is 12.3 Å². The van der Waals surface area contributed by atoms with Crippen LogP contribution in [0.3, 0.4) is 0 Å². The topological polar surface area (TPSA) is 72.6 Å². The van der Waals surface area contributed by atoms with Crippen LogP contribution in [-0.2, 0) is 9.53 Å². The third kappa shape index (κ3) is 4.10. The van der Waals surface area contributed by atoms with Gasteiger partial charge in [-0.15, -0.1) is 0 Å². The van der Waals surface area contributed by atoms with Crippen LogP contribution in [0.4, 0.5) is 0 Å². The van der Waals surface area contributed by atoms with Crippen LogP contribution in [0.15, 0.2) is 0 Å². The molecule has 0 spiro atoms. The summed E-state index contributed by atoms with van der Waals surface area (Å²) in [5.74, 6) is -0.305. The third-order valence-corrected chi connectivity index (χ3v) is 3.29. The fourth-order valence-electron chi connectivity index (χ4n) is 2.22. The number of carbonyl (C=O) groups is 1. The minimum atomic E-state index is -1.19. The number of hydrogen-bond donors (Lipinski definition) is 2. The highest BCUT2D eigenvalue weighted by Crippen LogP contribution is 2.25. The summed E-state index contributed by atoms with van der Waals surface area (Å²) in [6.45, 7) is 4.17. The summed E-state index contributed by atoms with van der Waals surface area (Å²) in [5.41, 5.74) is 4.48. The van der Waals surface area contributed by atoms with Gasteiger partial charge in [0.2, 0.25) is 0 Å². The molecule has 0 bridgehead atoms. The van der Waals surface area contributed by atoms with Crippen LogP contribution in [0.2, 0.25) is 0 Å². The van der Waals surface area contributed by atoms with E-state index in [1.807, 2.05) is 6.92 Å². The molecule has 0 saturated heterocycles. The number of aliphatic carboxylic acids is 1. The largest absolute Gasteiger partial charge is 0.480 e. The smallest absolute Gasteiger partial charge is 0.323 e. The molecule has 0 aliphatic heterocycles. The average molecular weight is 229 g/mol. The maximum Gasteiger partial charge on any atom is 0.323 e. The predicted molar refractivity (Wildman–Crippen MR) is 62.2 cm³/mol. The molecule has 2 atom stereocenters. The molecule has 0 aromatic heterocycles. The molecular formula is C12H23NO3. The maximum atomic E-state index is 10.8. The second-order valence-corrected chi connectivity index (χ2v) is 5.22. The van der Waals surface area contributed by atoms with Crippen molar-refractivity contribution in [2.75, 3.05) is 6.61 Å². The Hall–Kier alpha value is -0.610. The molecule has 4 heteroatoms. The molecular weight excluding hydrogens is 206 g/mol. The molecule has 1 saturated carbocycles. The molecule has 0 aromatic carbocycles. The molecule has 3 N–H and O–H groups in total. The zero-order valence-electron chi connectivity index (χ0n) is 10.2. The molecule has 0 heterocycles. The van der Waals surface area contributed by atoms with E-state index in [1.165, 1.54) is 32.6 Å².